The van der Waals surface area contributed by atoms with Gasteiger partial charge in [0.25, 0.3) is 0 Å². The Balaban J connectivity index is 2.34. The second-order valence-corrected chi connectivity index (χ2v) is 6.29. The van der Waals surface area contributed by atoms with Gasteiger partial charge in [-0.25, -0.2) is 0 Å². The van der Waals surface area contributed by atoms with Crippen LogP contribution < -0.4 is 4.90 Å². The van der Waals surface area contributed by atoms with E-state index >= 15 is 0 Å². The Morgan fingerprint density at radius 2 is 2.00 bits per heavy atom. The molecule has 0 radical (unpaired) electrons. The van der Waals surface area contributed by atoms with Crippen molar-refractivity contribution in [2.24, 2.45) is 5.92 Å². The summed E-state index contributed by atoms with van der Waals surface area (Å²) in [5.74, 6) is 0.674. The number of anilines is 1. The van der Waals surface area contributed by atoms with Crippen molar-refractivity contribution in [3.05, 3.63) is 29.8 Å². The normalized spacial score (nSPS) is 17.7. The van der Waals surface area contributed by atoms with Crippen LogP contribution in [0.1, 0.15) is 46.1 Å². The number of para-hydroxylation sites is 1. The topological polar surface area (TPSA) is 20.3 Å². The summed E-state index contributed by atoms with van der Waals surface area (Å²) >= 11 is 0. The fourth-order valence-corrected chi connectivity index (χ4v) is 2.65. The van der Waals surface area contributed by atoms with Crippen molar-refractivity contribution < 1.29 is 4.79 Å². The summed E-state index contributed by atoms with van der Waals surface area (Å²) in [5, 5.41) is 0. The fraction of sp³-hybridized carbons (Fsp3) is 0.562. The van der Waals surface area contributed by atoms with E-state index in [9.17, 15) is 4.79 Å². The van der Waals surface area contributed by atoms with Gasteiger partial charge >= 0.3 is 0 Å². The molecule has 0 fully saturated rings. The van der Waals surface area contributed by atoms with Crippen LogP contribution in [0.25, 0.3) is 0 Å². The number of hydrogen-bond acceptors (Lipinski definition) is 1. The Morgan fingerprint density at radius 1 is 1.33 bits per heavy atom. The average Bonchev–Trinajstić information content (AvgIpc) is 2.28. The molecule has 0 atom stereocenters. The molecule has 2 nitrogen and oxygen atoms in total. The summed E-state index contributed by atoms with van der Waals surface area (Å²) in [6, 6.07) is 8.32. The zero-order valence-electron chi connectivity index (χ0n) is 11.9. The van der Waals surface area contributed by atoms with Gasteiger partial charge in [0, 0.05) is 18.7 Å². The van der Waals surface area contributed by atoms with Crippen molar-refractivity contribution in [1.82, 2.24) is 0 Å². The van der Waals surface area contributed by atoms with Gasteiger partial charge in [-0.1, -0.05) is 45.9 Å². The quantitative estimate of drug-likeness (QED) is 0.777. The number of hydrogen-bond donors (Lipinski definition) is 0. The smallest absolute Gasteiger partial charge is 0.227 e. The molecule has 1 amide bonds. The Labute approximate surface area is 110 Å². The number of amides is 1. The summed E-state index contributed by atoms with van der Waals surface area (Å²) in [5.41, 5.74) is 2.58. The van der Waals surface area contributed by atoms with Crippen molar-refractivity contribution in [1.29, 1.82) is 0 Å². The number of rotatable bonds is 2. The third-order valence-corrected chi connectivity index (χ3v) is 3.77. The molecule has 0 bridgehead atoms. The van der Waals surface area contributed by atoms with Crippen molar-refractivity contribution in [2.45, 2.75) is 46.0 Å². The van der Waals surface area contributed by atoms with Gasteiger partial charge in [-0.15, -0.1) is 0 Å². The predicted octanol–water partition coefficient (Wildman–Crippen LogP) is 3.75. The minimum absolute atomic E-state index is 0.172. The minimum atomic E-state index is 0.172. The van der Waals surface area contributed by atoms with Crippen molar-refractivity contribution in [2.75, 3.05) is 11.4 Å². The maximum absolute atomic E-state index is 12.3. The number of nitrogens with zero attached hydrogens (tertiary/aromatic N) is 1. The van der Waals surface area contributed by atoms with Gasteiger partial charge < -0.3 is 4.90 Å². The molecule has 2 heteroatoms. The maximum Gasteiger partial charge on any atom is 0.227 e. The molecular weight excluding hydrogens is 222 g/mol. The highest BCUT2D eigenvalue weighted by molar-refractivity contribution is 5.95. The molecule has 1 aliphatic heterocycles. The summed E-state index contributed by atoms with van der Waals surface area (Å²) in [4.78, 5) is 14.3. The number of fused-ring (bicyclic) bond motifs is 1. The summed E-state index contributed by atoms with van der Waals surface area (Å²) in [6.07, 6.45) is 1.67. The summed E-state index contributed by atoms with van der Waals surface area (Å²) in [6.45, 7) is 9.55. The van der Waals surface area contributed by atoms with Gasteiger partial charge in [-0.2, -0.15) is 0 Å². The zero-order chi connectivity index (χ0) is 13.3. The lowest BCUT2D eigenvalue weighted by molar-refractivity contribution is -0.119. The van der Waals surface area contributed by atoms with E-state index in [2.05, 4.69) is 45.9 Å². The van der Waals surface area contributed by atoms with E-state index in [1.54, 1.807) is 0 Å². The lowest BCUT2D eigenvalue weighted by Gasteiger charge is -2.39. The third kappa shape index (κ3) is 2.43. The Morgan fingerprint density at radius 3 is 2.67 bits per heavy atom. The summed E-state index contributed by atoms with van der Waals surface area (Å²) < 4.78 is 0. The molecule has 0 N–H and O–H groups in total. The molecule has 0 aliphatic carbocycles. The van der Waals surface area contributed by atoms with E-state index in [-0.39, 0.29) is 11.3 Å². The SMILES string of the molecule is CC(C)CC(=O)N1CCC(C)(C)c2ccccc21. The number of carbonyl (C=O) groups is 1. The standard InChI is InChI=1S/C16H23NO/c1-12(2)11-15(18)17-10-9-16(3,4)13-7-5-6-8-14(13)17/h5-8,12H,9-11H2,1-4H3. The van der Waals surface area contributed by atoms with Crippen molar-refractivity contribution in [3.63, 3.8) is 0 Å². The average molecular weight is 245 g/mol. The van der Waals surface area contributed by atoms with E-state index < -0.39 is 0 Å². The molecule has 98 valence electrons. The van der Waals surface area contributed by atoms with Gasteiger partial charge in [0.15, 0.2) is 0 Å². The molecule has 0 unspecified atom stereocenters. The first kappa shape index (κ1) is 13.1. The predicted molar refractivity (Wildman–Crippen MR) is 75.9 cm³/mol. The van der Waals surface area contributed by atoms with Crippen molar-refractivity contribution >= 4 is 11.6 Å². The largest absolute Gasteiger partial charge is 0.312 e. The molecular formula is C16H23NO. The van der Waals surface area contributed by atoms with Crippen LogP contribution in [0.4, 0.5) is 5.69 Å². The first-order valence-electron chi connectivity index (χ1n) is 6.81. The van der Waals surface area contributed by atoms with Crippen LogP contribution in [0.15, 0.2) is 24.3 Å². The first-order valence-corrected chi connectivity index (χ1v) is 6.81. The van der Waals surface area contributed by atoms with E-state index in [1.165, 1.54) is 5.56 Å². The van der Waals surface area contributed by atoms with E-state index in [4.69, 9.17) is 0 Å². The lowest BCUT2D eigenvalue weighted by atomic mass is 9.77. The van der Waals surface area contributed by atoms with E-state index in [0.717, 1.165) is 18.7 Å². The lowest BCUT2D eigenvalue weighted by Crippen LogP contribution is -2.41. The molecule has 1 aromatic carbocycles. The van der Waals surface area contributed by atoms with Gasteiger partial charge in [-0.3, -0.25) is 4.79 Å². The first-order chi connectivity index (χ1) is 8.42. The molecule has 0 saturated carbocycles. The molecule has 0 saturated heterocycles. The molecule has 2 rings (SSSR count). The van der Waals surface area contributed by atoms with Gasteiger partial charge in [-0.05, 0) is 29.4 Å². The highest BCUT2D eigenvalue weighted by Gasteiger charge is 2.33. The molecule has 1 aromatic rings. The summed E-state index contributed by atoms with van der Waals surface area (Å²) in [7, 11) is 0. The Bertz CT molecular complexity index is 448. The highest BCUT2D eigenvalue weighted by atomic mass is 16.2. The van der Waals surface area contributed by atoms with Gasteiger partial charge in [0.2, 0.25) is 5.91 Å². The molecule has 1 aliphatic rings. The van der Waals surface area contributed by atoms with Crippen LogP contribution in [0, 0.1) is 5.92 Å². The van der Waals surface area contributed by atoms with Crippen molar-refractivity contribution in [3.8, 4) is 0 Å². The maximum atomic E-state index is 12.3. The molecule has 18 heavy (non-hydrogen) atoms. The Kier molecular flexibility index (Phi) is 3.47. The molecule has 0 aromatic heterocycles. The van der Waals surface area contributed by atoms with Crippen LogP contribution in [0.5, 0.6) is 0 Å². The van der Waals surface area contributed by atoms with Crippen LogP contribution in [0.2, 0.25) is 0 Å². The van der Waals surface area contributed by atoms with Gasteiger partial charge in [0.05, 0.1) is 0 Å². The van der Waals surface area contributed by atoms with E-state index in [1.807, 2.05) is 11.0 Å². The van der Waals surface area contributed by atoms with E-state index in [0.29, 0.717) is 12.3 Å². The monoisotopic (exact) mass is 245 g/mol. The minimum Gasteiger partial charge on any atom is -0.312 e. The van der Waals surface area contributed by atoms with Crippen LogP contribution in [-0.2, 0) is 10.2 Å². The zero-order valence-corrected chi connectivity index (χ0v) is 11.9. The number of carbonyl (C=O) groups excluding carboxylic acids is 1. The van der Waals surface area contributed by atoms with Crippen LogP contribution >= 0.6 is 0 Å². The Hall–Kier alpha value is -1.31. The number of benzene rings is 1. The fourth-order valence-electron chi connectivity index (χ4n) is 2.65. The third-order valence-electron chi connectivity index (χ3n) is 3.77. The molecule has 0 spiro atoms. The second-order valence-electron chi connectivity index (χ2n) is 6.29. The van der Waals surface area contributed by atoms with Crippen LogP contribution in [-0.4, -0.2) is 12.5 Å². The second kappa shape index (κ2) is 4.75. The molecule has 1 heterocycles. The highest BCUT2D eigenvalue weighted by Crippen LogP contribution is 2.39. The van der Waals surface area contributed by atoms with Gasteiger partial charge in [0.1, 0.15) is 0 Å². The van der Waals surface area contributed by atoms with Crippen LogP contribution in [0.3, 0.4) is 0 Å².